The molecule has 2 aromatic carbocycles. The number of carbonyl (C=O) groups excluding carboxylic acids is 4. The van der Waals surface area contributed by atoms with E-state index in [0.717, 1.165) is 19.1 Å². The fourth-order valence-corrected chi connectivity index (χ4v) is 4.44. The SMILES string of the molecule is CC(=O)OC[C@H]1O[C@@H](Oc2ccccc2COC(=O)C2(O)C=CCCC2=O)[C@H](OC(=O)/C=C\c2ccc(O)cc2)[C@@H](O)[C@@H]1O. The van der Waals surface area contributed by atoms with Crippen LogP contribution < -0.4 is 4.74 Å². The number of phenols is 1. The van der Waals surface area contributed by atoms with Gasteiger partial charge in [0.25, 0.3) is 0 Å². The number of carbonyl (C=O) groups is 4. The van der Waals surface area contributed by atoms with Gasteiger partial charge in [-0.05, 0) is 42.3 Å². The Hall–Kier alpha value is -4.56. The highest BCUT2D eigenvalue weighted by Crippen LogP contribution is 2.30. The van der Waals surface area contributed by atoms with E-state index in [1.165, 1.54) is 36.4 Å². The highest BCUT2D eigenvalue weighted by atomic mass is 16.7. The van der Waals surface area contributed by atoms with Gasteiger partial charge >= 0.3 is 17.9 Å². The summed E-state index contributed by atoms with van der Waals surface area (Å²) in [5.41, 5.74) is -1.58. The minimum absolute atomic E-state index is 0.0201. The van der Waals surface area contributed by atoms with E-state index in [4.69, 9.17) is 23.7 Å². The van der Waals surface area contributed by atoms with Crippen LogP contribution in [0.2, 0.25) is 0 Å². The van der Waals surface area contributed by atoms with Crippen molar-refractivity contribution < 1.29 is 63.3 Å². The molecule has 13 nitrogen and oxygen atoms in total. The van der Waals surface area contributed by atoms with Crippen molar-refractivity contribution >= 4 is 29.8 Å². The van der Waals surface area contributed by atoms with Crippen LogP contribution in [0.25, 0.3) is 6.08 Å². The molecule has 0 saturated carbocycles. The number of aliphatic hydroxyl groups is 3. The molecular weight excluding hydrogens is 580 g/mol. The Morgan fingerprint density at radius 2 is 1.77 bits per heavy atom. The molecular formula is C31H32O13. The van der Waals surface area contributed by atoms with Crippen molar-refractivity contribution in [3.63, 3.8) is 0 Å². The third-order valence-corrected chi connectivity index (χ3v) is 6.86. The molecule has 0 bridgehead atoms. The first-order valence-corrected chi connectivity index (χ1v) is 13.7. The van der Waals surface area contributed by atoms with Gasteiger partial charge in [-0.2, -0.15) is 0 Å². The van der Waals surface area contributed by atoms with Crippen LogP contribution in [0.15, 0.2) is 66.8 Å². The fourth-order valence-electron chi connectivity index (χ4n) is 4.44. The van der Waals surface area contributed by atoms with E-state index in [-0.39, 0.29) is 23.5 Å². The molecule has 2 aliphatic rings. The van der Waals surface area contributed by atoms with Gasteiger partial charge in [0.2, 0.25) is 11.9 Å². The third kappa shape index (κ3) is 7.88. The molecule has 13 heteroatoms. The first-order chi connectivity index (χ1) is 21.0. The number of phenolic OH excluding ortho intramolecular Hbond substituents is 1. The summed E-state index contributed by atoms with van der Waals surface area (Å²) >= 11 is 0. The number of benzene rings is 2. The number of ketones is 1. The summed E-state index contributed by atoms with van der Waals surface area (Å²) < 4.78 is 27.3. The molecule has 1 heterocycles. The lowest BCUT2D eigenvalue weighted by molar-refractivity contribution is -0.282. The normalized spacial score (nSPS) is 26.6. The summed E-state index contributed by atoms with van der Waals surface area (Å²) in [6, 6.07) is 12.1. The highest BCUT2D eigenvalue weighted by Gasteiger charge is 2.49. The molecule has 0 spiro atoms. The number of esters is 3. The summed E-state index contributed by atoms with van der Waals surface area (Å²) in [5.74, 6) is -3.37. The van der Waals surface area contributed by atoms with Crippen LogP contribution in [0.5, 0.6) is 11.5 Å². The molecule has 1 fully saturated rings. The molecule has 6 atom stereocenters. The topological polar surface area (TPSA) is 195 Å². The van der Waals surface area contributed by atoms with Crippen molar-refractivity contribution in [3.05, 3.63) is 77.9 Å². The van der Waals surface area contributed by atoms with Gasteiger partial charge in [0.1, 0.15) is 43.0 Å². The van der Waals surface area contributed by atoms with Crippen molar-refractivity contribution in [2.24, 2.45) is 0 Å². The Bertz CT molecular complexity index is 1420. The molecule has 2 aromatic rings. The second-order valence-electron chi connectivity index (χ2n) is 10.1. The summed E-state index contributed by atoms with van der Waals surface area (Å²) in [7, 11) is 0. The number of allylic oxidation sites excluding steroid dienone is 1. The van der Waals surface area contributed by atoms with Crippen LogP contribution in [0.4, 0.5) is 0 Å². The second-order valence-corrected chi connectivity index (χ2v) is 10.1. The van der Waals surface area contributed by atoms with E-state index < -0.39 is 73.2 Å². The van der Waals surface area contributed by atoms with Gasteiger partial charge in [0.15, 0.2) is 11.9 Å². The van der Waals surface area contributed by atoms with Gasteiger partial charge in [0, 0.05) is 25.0 Å². The molecule has 4 rings (SSSR count). The van der Waals surface area contributed by atoms with Crippen LogP contribution in [0.1, 0.15) is 30.9 Å². The summed E-state index contributed by atoms with van der Waals surface area (Å²) in [4.78, 5) is 48.9. The van der Waals surface area contributed by atoms with Crippen LogP contribution in [-0.4, -0.2) is 87.0 Å². The quantitative estimate of drug-likeness (QED) is 0.0980. The van der Waals surface area contributed by atoms with Crippen LogP contribution in [-0.2, 0) is 44.7 Å². The number of ether oxygens (including phenoxy) is 5. The standard InChI is InChI=1S/C31H32O13/c1-18(32)40-17-23-26(36)27(37)28(44-25(35)14-11-19-9-12-21(33)13-10-19)29(43-23)42-22-7-3-2-6-20(22)16-41-30(38)31(39)15-5-4-8-24(31)34/h2-3,5-7,9-15,23,26-29,33,36-37,39H,4,8,16-17H2,1H3/b14-11-/t23-,26-,27+,28-,29-,31?/m1/s1. The van der Waals surface area contributed by atoms with Gasteiger partial charge in [-0.3, -0.25) is 9.59 Å². The molecule has 1 aliphatic carbocycles. The lowest BCUT2D eigenvalue weighted by atomic mass is 9.90. The van der Waals surface area contributed by atoms with E-state index in [1.807, 2.05) is 0 Å². The Morgan fingerprint density at radius 1 is 1.05 bits per heavy atom. The van der Waals surface area contributed by atoms with Crippen LogP contribution in [0.3, 0.4) is 0 Å². The number of aliphatic hydroxyl groups excluding tert-OH is 2. The zero-order chi connectivity index (χ0) is 31.9. The van der Waals surface area contributed by atoms with Crippen LogP contribution >= 0.6 is 0 Å². The van der Waals surface area contributed by atoms with Gasteiger partial charge in [-0.25, -0.2) is 9.59 Å². The van der Waals surface area contributed by atoms with E-state index >= 15 is 0 Å². The molecule has 44 heavy (non-hydrogen) atoms. The number of rotatable bonds is 10. The van der Waals surface area contributed by atoms with Crippen molar-refractivity contribution in [1.29, 1.82) is 0 Å². The zero-order valence-corrected chi connectivity index (χ0v) is 23.6. The number of hydrogen-bond acceptors (Lipinski definition) is 13. The van der Waals surface area contributed by atoms with Gasteiger partial charge in [0.05, 0.1) is 0 Å². The smallest absolute Gasteiger partial charge is 0.350 e. The molecule has 1 unspecified atom stereocenters. The van der Waals surface area contributed by atoms with E-state index in [2.05, 4.69) is 0 Å². The van der Waals surface area contributed by atoms with Gasteiger partial charge in [-0.15, -0.1) is 0 Å². The predicted molar refractivity (Wildman–Crippen MR) is 150 cm³/mol. The molecule has 0 aromatic heterocycles. The van der Waals surface area contributed by atoms with E-state index in [9.17, 15) is 39.6 Å². The molecule has 1 aliphatic heterocycles. The fraction of sp³-hybridized carbons (Fsp3) is 0.355. The monoisotopic (exact) mass is 612 g/mol. The second kappa shape index (κ2) is 14.3. The molecule has 1 saturated heterocycles. The van der Waals surface area contributed by atoms with Crippen molar-refractivity contribution in [2.45, 2.75) is 62.7 Å². The van der Waals surface area contributed by atoms with E-state index in [1.54, 1.807) is 24.3 Å². The van der Waals surface area contributed by atoms with E-state index in [0.29, 0.717) is 12.0 Å². The summed E-state index contributed by atoms with van der Waals surface area (Å²) in [5, 5.41) is 41.5. The van der Waals surface area contributed by atoms with Gasteiger partial charge < -0.3 is 44.1 Å². The Morgan fingerprint density at radius 3 is 2.48 bits per heavy atom. The summed E-state index contributed by atoms with van der Waals surface area (Å²) in [6.45, 7) is 0.261. The third-order valence-electron chi connectivity index (χ3n) is 6.86. The maximum atomic E-state index is 12.7. The lowest BCUT2D eigenvalue weighted by Crippen LogP contribution is -2.61. The maximum absolute atomic E-state index is 12.7. The van der Waals surface area contributed by atoms with Crippen molar-refractivity contribution in [3.8, 4) is 11.5 Å². The Labute approximate surface area is 251 Å². The van der Waals surface area contributed by atoms with Crippen LogP contribution in [0, 0.1) is 0 Å². The largest absolute Gasteiger partial charge is 0.508 e. The number of para-hydroxylation sites is 1. The number of hydrogen-bond donors (Lipinski definition) is 4. The number of Topliss-reactive ketones (excluding diaryl/α,β-unsaturated/α-hetero) is 1. The maximum Gasteiger partial charge on any atom is 0.350 e. The highest BCUT2D eigenvalue weighted by molar-refractivity contribution is 6.09. The molecule has 0 amide bonds. The molecule has 4 N–H and O–H groups in total. The molecule has 234 valence electrons. The minimum Gasteiger partial charge on any atom is -0.508 e. The first kappa shape index (κ1) is 32.4. The predicted octanol–water partition coefficient (Wildman–Crippen LogP) is 1.10. The average Bonchev–Trinajstić information content (AvgIpc) is 3.00. The zero-order valence-electron chi connectivity index (χ0n) is 23.6. The van der Waals surface area contributed by atoms with Crippen molar-refractivity contribution in [1.82, 2.24) is 0 Å². The van der Waals surface area contributed by atoms with Gasteiger partial charge in [-0.1, -0.05) is 36.4 Å². The Balaban J connectivity index is 1.53. The average molecular weight is 613 g/mol. The number of aromatic hydroxyl groups is 1. The van der Waals surface area contributed by atoms with Crippen molar-refractivity contribution in [2.75, 3.05) is 6.61 Å². The first-order valence-electron chi connectivity index (χ1n) is 13.7. The summed E-state index contributed by atoms with van der Waals surface area (Å²) in [6.07, 6.45) is -2.38. The minimum atomic E-state index is -2.41. The Kier molecular flexibility index (Phi) is 10.5. The molecule has 0 radical (unpaired) electrons. The lowest BCUT2D eigenvalue weighted by Gasteiger charge is -2.41.